The van der Waals surface area contributed by atoms with Crippen molar-refractivity contribution in [2.24, 2.45) is 0 Å². The van der Waals surface area contributed by atoms with Gasteiger partial charge in [0.2, 0.25) is 0 Å². The predicted molar refractivity (Wildman–Crippen MR) is 93.1 cm³/mol. The summed E-state index contributed by atoms with van der Waals surface area (Å²) < 4.78 is 7.38. The van der Waals surface area contributed by atoms with Crippen molar-refractivity contribution in [1.29, 1.82) is 0 Å². The number of carbonyl (C=O) groups is 1. The molecule has 0 unspecified atom stereocenters. The molecular weight excluding hydrogens is 318 g/mol. The lowest BCUT2D eigenvalue weighted by Gasteiger charge is -2.07. The Morgan fingerprint density at radius 2 is 2.16 bits per heavy atom. The second-order valence-electron chi connectivity index (χ2n) is 5.70. The van der Waals surface area contributed by atoms with Gasteiger partial charge in [0.1, 0.15) is 11.5 Å². The number of fused-ring (bicyclic) bond motifs is 1. The van der Waals surface area contributed by atoms with Gasteiger partial charge in [0.25, 0.3) is 5.91 Å². The van der Waals surface area contributed by atoms with E-state index in [4.69, 9.17) is 4.42 Å². The van der Waals surface area contributed by atoms with E-state index in [1.807, 2.05) is 37.3 Å². The van der Waals surface area contributed by atoms with Crippen LogP contribution in [0.1, 0.15) is 16.3 Å². The summed E-state index contributed by atoms with van der Waals surface area (Å²) in [5.41, 5.74) is 3.03. The first-order chi connectivity index (χ1) is 12.2. The first-order valence-corrected chi connectivity index (χ1v) is 8.02. The zero-order valence-electron chi connectivity index (χ0n) is 13.7. The van der Waals surface area contributed by atoms with Crippen LogP contribution in [-0.4, -0.2) is 32.2 Å². The predicted octanol–water partition coefficient (Wildman–Crippen LogP) is 2.76. The normalized spacial score (nSPS) is 11.1. The molecule has 1 amide bonds. The first-order valence-electron chi connectivity index (χ1n) is 8.02. The molecular formula is C18H17N5O2. The highest BCUT2D eigenvalue weighted by molar-refractivity contribution is 5.93. The van der Waals surface area contributed by atoms with E-state index in [0.717, 1.165) is 16.9 Å². The molecule has 4 rings (SSSR count). The van der Waals surface area contributed by atoms with Crippen LogP contribution in [0.25, 0.3) is 22.5 Å². The molecule has 0 atom stereocenters. The summed E-state index contributed by atoms with van der Waals surface area (Å²) in [5.74, 6) is 1.35. The smallest absolute Gasteiger partial charge is 0.271 e. The van der Waals surface area contributed by atoms with Crippen LogP contribution in [0.5, 0.6) is 0 Å². The number of nitrogens with zero attached hydrogens (tertiary/aromatic N) is 3. The maximum Gasteiger partial charge on any atom is 0.271 e. The molecule has 4 aromatic rings. The number of hydrogen-bond donors (Lipinski definition) is 2. The van der Waals surface area contributed by atoms with Crippen LogP contribution in [0.4, 0.5) is 0 Å². The summed E-state index contributed by atoms with van der Waals surface area (Å²) in [6, 6.07) is 13.2. The minimum atomic E-state index is -0.226. The summed E-state index contributed by atoms with van der Waals surface area (Å²) in [6.45, 7) is 3.10. The van der Waals surface area contributed by atoms with Crippen molar-refractivity contribution in [2.45, 2.75) is 13.5 Å². The lowest BCUT2D eigenvalue weighted by atomic mass is 10.3. The number of aryl methyl sites for hydroxylation is 1. The van der Waals surface area contributed by atoms with Crippen LogP contribution < -0.4 is 5.32 Å². The van der Waals surface area contributed by atoms with E-state index in [1.165, 1.54) is 0 Å². The Bertz CT molecular complexity index is 1010. The van der Waals surface area contributed by atoms with Gasteiger partial charge < -0.3 is 14.3 Å². The molecule has 7 heteroatoms. The van der Waals surface area contributed by atoms with Crippen LogP contribution in [0.15, 0.2) is 53.1 Å². The summed E-state index contributed by atoms with van der Waals surface area (Å²) in [6.07, 6.45) is 1.58. The fourth-order valence-electron chi connectivity index (χ4n) is 2.85. The van der Waals surface area contributed by atoms with Gasteiger partial charge in [0, 0.05) is 19.2 Å². The zero-order valence-corrected chi connectivity index (χ0v) is 13.7. The Kier molecular flexibility index (Phi) is 3.81. The molecule has 0 bridgehead atoms. The third-order valence-electron chi connectivity index (χ3n) is 4.06. The van der Waals surface area contributed by atoms with Gasteiger partial charge in [-0.25, -0.2) is 4.98 Å². The van der Waals surface area contributed by atoms with Crippen LogP contribution in [0.3, 0.4) is 0 Å². The number of aromatic nitrogens is 4. The molecule has 0 saturated heterocycles. The summed E-state index contributed by atoms with van der Waals surface area (Å²) in [7, 11) is 0. The van der Waals surface area contributed by atoms with E-state index < -0.39 is 0 Å². The molecule has 126 valence electrons. The van der Waals surface area contributed by atoms with E-state index >= 15 is 0 Å². The number of nitrogens with one attached hydrogen (secondary N) is 2. The molecule has 0 fully saturated rings. The first kappa shape index (κ1) is 15.2. The summed E-state index contributed by atoms with van der Waals surface area (Å²) in [5, 5.41) is 9.73. The Morgan fingerprint density at radius 1 is 1.28 bits per heavy atom. The Labute approximate surface area is 143 Å². The van der Waals surface area contributed by atoms with Crippen molar-refractivity contribution < 1.29 is 9.21 Å². The number of rotatable bonds is 5. The van der Waals surface area contributed by atoms with Crippen LogP contribution in [-0.2, 0) is 6.54 Å². The van der Waals surface area contributed by atoms with Crippen molar-refractivity contribution in [3.05, 3.63) is 60.2 Å². The quantitative estimate of drug-likeness (QED) is 0.587. The number of aromatic amines is 1. The third-order valence-corrected chi connectivity index (χ3v) is 4.06. The molecule has 0 spiro atoms. The van der Waals surface area contributed by atoms with Gasteiger partial charge >= 0.3 is 0 Å². The van der Waals surface area contributed by atoms with Crippen molar-refractivity contribution >= 4 is 16.9 Å². The number of imidazole rings is 1. The highest BCUT2D eigenvalue weighted by atomic mass is 16.3. The van der Waals surface area contributed by atoms with E-state index in [-0.39, 0.29) is 5.91 Å². The summed E-state index contributed by atoms with van der Waals surface area (Å²) >= 11 is 0. The average molecular weight is 335 g/mol. The van der Waals surface area contributed by atoms with Crippen LogP contribution in [0.2, 0.25) is 0 Å². The second kappa shape index (κ2) is 6.27. The van der Waals surface area contributed by atoms with Gasteiger partial charge in [-0.15, -0.1) is 0 Å². The maximum absolute atomic E-state index is 12.3. The number of benzene rings is 1. The zero-order chi connectivity index (χ0) is 17.2. The van der Waals surface area contributed by atoms with E-state index in [9.17, 15) is 4.79 Å². The molecule has 3 heterocycles. The van der Waals surface area contributed by atoms with Gasteiger partial charge in [-0.05, 0) is 31.2 Å². The molecule has 7 nitrogen and oxygen atoms in total. The lowest BCUT2D eigenvalue weighted by molar-refractivity contribution is 0.0947. The monoisotopic (exact) mass is 335 g/mol. The van der Waals surface area contributed by atoms with E-state index in [0.29, 0.717) is 30.2 Å². The minimum Gasteiger partial charge on any atom is -0.463 e. The Morgan fingerprint density at radius 3 is 3.00 bits per heavy atom. The SMILES string of the molecule is Cc1nc2ccccc2n1CCNC(=O)c1cc(-c2ccco2)[nH]n1. The van der Waals surface area contributed by atoms with Crippen molar-refractivity contribution in [3.8, 4) is 11.5 Å². The van der Waals surface area contributed by atoms with Gasteiger partial charge in [0.05, 0.1) is 17.3 Å². The molecule has 1 aromatic carbocycles. The molecule has 25 heavy (non-hydrogen) atoms. The summed E-state index contributed by atoms with van der Waals surface area (Å²) in [4.78, 5) is 16.8. The average Bonchev–Trinajstić information content (AvgIpc) is 3.34. The highest BCUT2D eigenvalue weighted by Crippen LogP contribution is 2.18. The van der Waals surface area contributed by atoms with Crippen molar-refractivity contribution in [1.82, 2.24) is 25.1 Å². The van der Waals surface area contributed by atoms with Crippen LogP contribution in [0, 0.1) is 6.92 Å². The standard InChI is InChI=1S/C18H17N5O2/c1-12-20-13-5-2-3-6-16(13)23(12)9-8-19-18(24)15-11-14(21-22-15)17-7-4-10-25-17/h2-7,10-11H,8-9H2,1H3,(H,19,24)(H,21,22). The molecule has 2 N–H and O–H groups in total. The number of hydrogen-bond acceptors (Lipinski definition) is 4. The number of carbonyl (C=O) groups excluding carboxylic acids is 1. The highest BCUT2D eigenvalue weighted by Gasteiger charge is 2.13. The lowest BCUT2D eigenvalue weighted by Crippen LogP contribution is -2.27. The topological polar surface area (TPSA) is 88.7 Å². The third kappa shape index (κ3) is 2.91. The maximum atomic E-state index is 12.3. The molecule has 0 aliphatic heterocycles. The van der Waals surface area contributed by atoms with E-state index in [2.05, 4.69) is 25.1 Å². The number of furan rings is 1. The number of para-hydroxylation sites is 2. The Hall–Kier alpha value is -3.35. The van der Waals surface area contributed by atoms with Gasteiger partial charge in [-0.3, -0.25) is 9.89 Å². The van der Waals surface area contributed by atoms with Crippen molar-refractivity contribution in [3.63, 3.8) is 0 Å². The number of amides is 1. The second-order valence-corrected chi connectivity index (χ2v) is 5.70. The molecule has 0 saturated carbocycles. The van der Waals surface area contributed by atoms with E-state index in [1.54, 1.807) is 18.4 Å². The van der Waals surface area contributed by atoms with Crippen LogP contribution >= 0.6 is 0 Å². The molecule has 3 aromatic heterocycles. The Balaban J connectivity index is 1.41. The largest absolute Gasteiger partial charge is 0.463 e. The molecule has 0 aliphatic carbocycles. The molecule has 0 radical (unpaired) electrons. The van der Waals surface area contributed by atoms with Gasteiger partial charge in [-0.2, -0.15) is 5.10 Å². The number of H-pyrrole nitrogens is 1. The minimum absolute atomic E-state index is 0.226. The van der Waals surface area contributed by atoms with Crippen molar-refractivity contribution in [2.75, 3.05) is 6.54 Å². The van der Waals surface area contributed by atoms with Gasteiger partial charge in [-0.1, -0.05) is 12.1 Å². The fraction of sp³-hybridized carbons (Fsp3) is 0.167. The fourth-order valence-corrected chi connectivity index (χ4v) is 2.85. The van der Waals surface area contributed by atoms with Gasteiger partial charge in [0.15, 0.2) is 11.5 Å². The molecule has 0 aliphatic rings.